The van der Waals surface area contributed by atoms with Gasteiger partial charge in [0.05, 0.1) is 5.92 Å². The number of carbonyl (C=O) groups excluding carboxylic acids is 1. The zero-order chi connectivity index (χ0) is 17.5. The number of carbonyl (C=O) groups is 1. The fraction of sp³-hybridized carbons (Fsp3) is 0.474. The van der Waals surface area contributed by atoms with Crippen molar-refractivity contribution in [3.05, 3.63) is 40.2 Å². The van der Waals surface area contributed by atoms with Gasteiger partial charge >= 0.3 is 11.6 Å². The summed E-state index contributed by atoms with van der Waals surface area (Å²) < 4.78 is 17.1. The highest BCUT2D eigenvalue weighted by Gasteiger charge is 2.41. The summed E-state index contributed by atoms with van der Waals surface area (Å²) in [5.41, 5.74) is 0.208. The van der Waals surface area contributed by atoms with E-state index in [1.807, 2.05) is 39.8 Å². The van der Waals surface area contributed by atoms with Crippen molar-refractivity contribution < 1.29 is 18.7 Å². The highest BCUT2D eigenvalue weighted by Crippen LogP contribution is 2.38. The lowest BCUT2D eigenvalue weighted by atomic mass is 9.89. The summed E-state index contributed by atoms with van der Waals surface area (Å²) >= 11 is 0. The van der Waals surface area contributed by atoms with E-state index in [2.05, 4.69) is 0 Å². The standard InChI is InChI=1S/C19H22O5/c1-5-11(2)18(21)22-15-10-13-14(24-19(15,3)4)8-6-12-7-9-16(20)23-17(12)13/h6-9,11,15H,5,10H2,1-4H3/t11-,15-/m0/s1. The second kappa shape index (κ2) is 5.96. The maximum Gasteiger partial charge on any atom is 0.336 e. The van der Waals surface area contributed by atoms with Gasteiger partial charge in [-0.1, -0.05) is 13.8 Å². The van der Waals surface area contributed by atoms with Gasteiger partial charge in [0.2, 0.25) is 0 Å². The van der Waals surface area contributed by atoms with Crippen molar-refractivity contribution in [2.75, 3.05) is 0 Å². The van der Waals surface area contributed by atoms with Gasteiger partial charge in [-0.25, -0.2) is 4.79 Å². The normalized spacial score (nSPS) is 20.1. The van der Waals surface area contributed by atoms with Crippen molar-refractivity contribution >= 4 is 16.9 Å². The molecule has 2 atom stereocenters. The Balaban J connectivity index is 2.01. The molecule has 0 aliphatic carbocycles. The minimum Gasteiger partial charge on any atom is -0.484 e. The molecular weight excluding hydrogens is 308 g/mol. The number of esters is 1. The minimum atomic E-state index is -0.654. The topological polar surface area (TPSA) is 65.7 Å². The predicted octanol–water partition coefficient (Wildman–Crippen LogP) is 3.46. The van der Waals surface area contributed by atoms with Crippen LogP contribution in [0.15, 0.2) is 33.5 Å². The predicted molar refractivity (Wildman–Crippen MR) is 90.2 cm³/mol. The lowest BCUT2D eigenvalue weighted by Crippen LogP contribution is -2.49. The molecule has 0 saturated carbocycles. The summed E-state index contributed by atoms with van der Waals surface area (Å²) in [7, 11) is 0. The fourth-order valence-corrected chi connectivity index (χ4v) is 2.85. The summed E-state index contributed by atoms with van der Waals surface area (Å²) in [4.78, 5) is 23.8. The van der Waals surface area contributed by atoms with E-state index in [0.717, 1.165) is 17.4 Å². The number of fused-ring (bicyclic) bond motifs is 3. The van der Waals surface area contributed by atoms with E-state index in [9.17, 15) is 9.59 Å². The number of benzene rings is 1. The Labute approximate surface area is 140 Å². The molecule has 0 N–H and O–H groups in total. The van der Waals surface area contributed by atoms with Crippen LogP contribution in [0.2, 0.25) is 0 Å². The maximum absolute atomic E-state index is 12.2. The van der Waals surface area contributed by atoms with Crippen LogP contribution in [-0.2, 0) is 16.0 Å². The first kappa shape index (κ1) is 16.6. The van der Waals surface area contributed by atoms with E-state index in [-0.39, 0.29) is 11.9 Å². The Bertz CT molecular complexity index is 833. The lowest BCUT2D eigenvalue weighted by molar-refractivity contribution is -0.165. The molecule has 0 bridgehead atoms. The number of rotatable bonds is 3. The molecule has 0 saturated heterocycles. The Morgan fingerprint density at radius 3 is 2.75 bits per heavy atom. The van der Waals surface area contributed by atoms with Crippen LogP contribution in [0.1, 0.15) is 39.7 Å². The van der Waals surface area contributed by atoms with Gasteiger partial charge in [-0.2, -0.15) is 0 Å². The molecule has 0 fully saturated rings. The second-order valence-corrected chi connectivity index (χ2v) is 6.86. The van der Waals surface area contributed by atoms with E-state index in [0.29, 0.717) is 17.8 Å². The van der Waals surface area contributed by atoms with Gasteiger partial charge in [0.1, 0.15) is 23.0 Å². The summed E-state index contributed by atoms with van der Waals surface area (Å²) in [5, 5.41) is 0.823. The molecule has 5 nitrogen and oxygen atoms in total. The van der Waals surface area contributed by atoms with Gasteiger partial charge < -0.3 is 13.9 Å². The first-order valence-corrected chi connectivity index (χ1v) is 8.27. The summed E-state index contributed by atoms with van der Waals surface area (Å²) in [5.74, 6) is 0.273. The first-order valence-electron chi connectivity index (χ1n) is 8.27. The molecule has 1 aliphatic heterocycles. The van der Waals surface area contributed by atoms with Crippen LogP contribution in [0, 0.1) is 5.92 Å². The summed E-state index contributed by atoms with van der Waals surface area (Å²) in [6.45, 7) is 7.60. The van der Waals surface area contributed by atoms with Crippen molar-refractivity contribution in [2.24, 2.45) is 5.92 Å². The van der Waals surface area contributed by atoms with Crippen LogP contribution in [0.25, 0.3) is 11.0 Å². The van der Waals surface area contributed by atoms with Crippen molar-refractivity contribution in [1.82, 2.24) is 0 Å². The Morgan fingerprint density at radius 2 is 2.04 bits per heavy atom. The molecule has 5 heteroatoms. The largest absolute Gasteiger partial charge is 0.484 e. The SMILES string of the molecule is CC[C@H](C)C(=O)O[C@H]1Cc2c(ccc3ccc(=O)oc23)OC1(C)C. The molecule has 128 valence electrons. The van der Waals surface area contributed by atoms with Crippen LogP contribution >= 0.6 is 0 Å². The lowest BCUT2D eigenvalue weighted by Gasteiger charge is -2.39. The molecule has 0 unspecified atom stereocenters. The number of ether oxygens (including phenoxy) is 2. The third-order valence-corrected chi connectivity index (χ3v) is 4.66. The van der Waals surface area contributed by atoms with Gasteiger partial charge in [-0.05, 0) is 38.5 Å². The quantitative estimate of drug-likeness (QED) is 0.637. The smallest absolute Gasteiger partial charge is 0.336 e. The highest BCUT2D eigenvalue weighted by atomic mass is 16.6. The molecule has 0 amide bonds. The third kappa shape index (κ3) is 2.90. The molecule has 3 rings (SSSR count). The monoisotopic (exact) mass is 330 g/mol. The Hall–Kier alpha value is -2.30. The van der Waals surface area contributed by atoms with Gasteiger partial charge in [0.25, 0.3) is 0 Å². The van der Waals surface area contributed by atoms with E-state index in [1.54, 1.807) is 6.07 Å². The molecule has 24 heavy (non-hydrogen) atoms. The van der Waals surface area contributed by atoms with Gasteiger partial charge in [0, 0.05) is 23.4 Å². The molecule has 2 aromatic rings. The average Bonchev–Trinajstić information content (AvgIpc) is 2.54. The molecule has 0 spiro atoms. The van der Waals surface area contributed by atoms with E-state index < -0.39 is 17.3 Å². The third-order valence-electron chi connectivity index (χ3n) is 4.66. The molecule has 1 aliphatic rings. The minimum absolute atomic E-state index is 0.160. The highest BCUT2D eigenvalue weighted by molar-refractivity contribution is 5.82. The number of hydrogen-bond acceptors (Lipinski definition) is 5. The maximum atomic E-state index is 12.2. The van der Waals surface area contributed by atoms with E-state index in [1.165, 1.54) is 6.07 Å². The molecule has 2 heterocycles. The molecular formula is C19H22O5. The van der Waals surface area contributed by atoms with Crippen molar-refractivity contribution in [2.45, 2.75) is 52.2 Å². The number of hydrogen-bond donors (Lipinski definition) is 0. The molecule has 1 aromatic carbocycles. The first-order chi connectivity index (χ1) is 11.3. The van der Waals surface area contributed by atoms with Gasteiger partial charge in [0.15, 0.2) is 0 Å². The summed E-state index contributed by atoms with van der Waals surface area (Å²) in [6, 6.07) is 6.84. The Kier molecular flexibility index (Phi) is 4.11. The molecule has 1 aromatic heterocycles. The van der Waals surface area contributed by atoms with Crippen LogP contribution in [0.4, 0.5) is 0 Å². The Morgan fingerprint density at radius 1 is 1.33 bits per heavy atom. The average molecular weight is 330 g/mol. The summed E-state index contributed by atoms with van der Waals surface area (Å²) in [6.07, 6.45) is 0.735. The zero-order valence-electron chi connectivity index (χ0n) is 14.4. The van der Waals surface area contributed by atoms with Gasteiger partial charge in [-0.3, -0.25) is 4.79 Å². The van der Waals surface area contributed by atoms with E-state index >= 15 is 0 Å². The van der Waals surface area contributed by atoms with Crippen LogP contribution < -0.4 is 10.4 Å². The molecule has 0 radical (unpaired) electrons. The van der Waals surface area contributed by atoms with Gasteiger partial charge in [-0.15, -0.1) is 0 Å². The zero-order valence-corrected chi connectivity index (χ0v) is 14.4. The van der Waals surface area contributed by atoms with Crippen LogP contribution in [-0.4, -0.2) is 17.7 Å². The van der Waals surface area contributed by atoms with Crippen LogP contribution in [0.3, 0.4) is 0 Å². The van der Waals surface area contributed by atoms with Crippen molar-refractivity contribution in [3.8, 4) is 5.75 Å². The van der Waals surface area contributed by atoms with Crippen molar-refractivity contribution in [3.63, 3.8) is 0 Å². The van der Waals surface area contributed by atoms with Crippen molar-refractivity contribution in [1.29, 1.82) is 0 Å². The fourth-order valence-electron chi connectivity index (χ4n) is 2.85. The second-order valence-electron chi connectivity index (χ2n) is 6.86. The van der Waals surface area contributed by atoms with E-state index in [4.69, 9.17) is 13.9 Å². The van der Waals surface area contributed by atoms with Crippen LogP contribution in [0.5, 0.6) is 5.75 Å².